The van der Waals surface area contributed by atoms with Crippen molar-refractivity contribution >= 4 is 5.97 Å². The minimum absolute atomic E-state index is 0.164. The monoisotopic (exact) mass is 440 g/mol. The Morgan fingerprint density at radius 1 is 0.875 bits per heavy atom. The summed E-state index contributed by atoms with van der Waals surface area (Å²) < 4.78 is 11.1. The van der Waals surface area contributed by atoms with E-state index in [9.17, 15) is 4.79 Å². The van der Waals surface area contributed by atoms with Crippen molar-refractivity contribution in [1.82, 2.24) is 9.97 Å². The molecule has 0 spiro atoms. The molecule has 2 aromatic rings. The molecule has 176 valence electrons. The van der Waals surface area contributed by atoms with E-state index in [0.717, 1.165) is 30.5 Å². The van der Waals surface area contributed by atoms with Crippen LogP contribution in [-0.2, 0) is 4.79 Å². The van der Waals surface area contributed by atoms with Gasteiger partial charge in [0.1, 0.15) is 5.75 Å². The van der Waals surface area contributed by atoms with Crippen LogP contribution in [0.2, 0.25) is 0 Å². The number of carbonyl (C=O) groups is 1. The molecule has 0 N–H and O–H groups in total. The van der Waals surface area contributed by atoms with Gasteiger partial charge in [-0.1, -0.05) is 78.6 Å². The van der Waals surface area contributed by atoms with Gasteiger partial charge in [0.05, 0.1) is 24.7 Å². The van der Waals surface area contributed by atoms with Crippen LogP contribution in [-0.4, -0.2) is 22.5 Å². The number of unbranched alkanes of at least 4 members (excludes halogenated alkanes) is 8. The summed E-state index contributed by atoms with van der Waals surface area (Å²) in [7, 11) is 0. The van der Waals surface area contributed by atoms with Crippen LogP contribution in [0.15, 0.2) is 36.7 Å². The molecule has 0 amide bonds. The van der Waals surface area contributed by atoms with E-state index in [0.29, 0.717) is 30.6 Å². The maximum absolute atomic E-state index is 12.1. The number of carbonyl (C=O) groups excluding carboxylic acids is 1. The van der Waals surface area contributed by atoms with Gasteiger partial charge in [0.15, 0.2) is 0 Å². The van der Waals surface area contributed by atoms with Gasteiger partial charge in [-0.2, -0.15) is 0 Å². The first kappa shape index (κ1) is 25.8. The van der Waals surface area contributed by atoms with Gasteiger partial charge in [0.25, 0.3) is 0 Å². The van der Waals surface area contributed by atoms with E-state index in [4.69, 9.17) is 9.47 Å². The number of aromatic nitrogens is 2. The van der Waals surface area contributed by atoms with Crippen LogP contribution in [0.1, 0.15) is 91.4 Å². The highest BCUT2D eigenvalue weighted by molar-refractivity contribution is 5.72. The van der Waals surface area contributed by atoms with Crippen LogP contribution < -0.4 is 9.47 Å². The SMILES string of the molecule is CCCCCCCCCCCC(=O)Oc1ccc(-c2cnc(OC[C@@H](C)CC)cn2)cc1. The van der Waals surface area contributed by atoms with Gasteiger partial charge in [-0.3, -0.25) is 4.79 Å². The zero-order valence-electron chi connectivity index (χ0n) is 20.1. The van der Waals surface area contributed by atoms with Crippen LogP contribution in [0, 0.1) is 5.92 Å². The second-order valence-electron chi connectivity index (χ2n) is 8.64. The largest absolute Gasteiger partial charge is 0.476 e. The highest BCUT2D eigenvalue weighted by Gasteiger charge is 2.07. The van der Waals surface area contributed by atoms with E-state index in [1.54, 1.807) is 24.5 Å². The van der Waals surface area contributed by atoms with Crippen molar-refractivity contribution in [2.24, 2.45) is 5.92 Å². The highest BCUT2D eigenvalue weighted by Crippen LogP contribution is 2.22. The fourth-order valence-electron chi connectivity index (χ4n) is 3.34. The molecule has 0 radical (unpaired) electrons. The maximum atomic E-state index is 12.1. The van der Waals surface area contributed by atoms with Crippen molar-refractivity contribution in [1.29, 1.82) is 0 Å². The average molecular weight is 441 g/mol. The van der Waals surface area contributed by atoms with E-state index in [-0.39, 0.29) is 5.97 Å². The average Bonchev–Trinajstić information content (AvgIpc) is 2.82. The quantitative estimate of drug-likeness (QED) is 0.155. The zero-order chi connectivity index (χ0) is 23.0. The Hall–Kier alpha value is -2.43. The molecular weight excluding hydrogens is 400 g/mol. The summed E-state index contributed by atoms with van der Waals surface area (Å²) in [5.74, 6) is 1.43. The smallest absolute Gasteiger partial charge is 0.311 e. The molecule has 0 saturated carbocycles. The predicted octanol–water partition coefficient (Wildman–Crippen LogP) is 7.39. The molecule has 2 rings (SSSR count). The number of hydrogen-bond donors (Lipinski definition) is 0. The number of hydrogen-bond acceptors (Lipinski definition) is 5. The Labute approximate surface area is 194 Å². The van der Waals surface area contributed by atoms with Crippen molar-refractivity contribution in [2.75, 3.05) is 6.61 Å². The van der Waals surface area contributed by atoms with Crippen LogP contribution in [0.3, 0.4) is 0 Å². The molecule has 0 unspecified atom stereocenters. The Kier molecular flexibility index (Phi) is 12.4. The van der Waals surface area contributed by atoms with E-state index in [2.05, 4.69) is 30.7 Å². The van der Waals surface area contributed by atoms with Crippen molar-refractivity contribution in [2.45, 2.75) is 91.4 Å². The van der Waals surface area contributed by atoms with Gasteiger partial charge in [-0.05, 0) is 36.6 Å². The second kappa shape index (κ2) is 15.4. The molecule has 5 heteroatoms. The minimum atomic E-state index is -0.164. The maximum Gasteiger partial charge on any atom is 0.311 e. The molecule has 5 nitrogen and oxygen atoms in total. The third kappa shape index (κ3) is 10.3. The lowest BCUT2D eigenvalue weighted by molar-refractivity contribution is -0.134. The fraction of sp³-hybridized carbons (Fsp3) is 0.593. The molecule has 0 fully saturated rings. The lowest BCUT2D eigenvalue weighted by Crippen LogP contribution is -2.08. The standard InChI is InChI=1S/C27H40N2O3/c1-4-6-7-8-9-10-11-12-13-14-27(30)32-24-17-15-23(16-18-24)25-19-29-26(20-28-25)31-21-22(3)5-2/h15-20,22H,4-14,21H2,1-3H3/t22-/m0/s1. The molecule has 0 saturated heterocycles. The molecule has 0 bridgehead atoms. The van der Waals surface area contributed by atoms with E-state index in [1.807, 2.05) is 12.1 Å². The van der Waals surface area contributed by atoms with Crippen LogP contribution in [0.4, 0.5) is 0 Å². The molecule has 1 aromatic heterocycles. The first-order valence-electron chi connectivity index (χ1n) is 12.4. The molecule has 32 heavy (non-hydrogen) atoms. The zero-order valence-corrected chi connectivity index (χ0v) is 20.1. The first-order chi connectivity index (χ1) is 15.6. The van der Waals surface area contributed by atoms with Gasteiger partial charge in [-0.15, -0.1) is 0 Å². The third-order valence-electron chi connectivity index (χ3n) is 5.71. The summed E-state index contributed by atoms with van der Waals surface area (Å²) >= 11 is 0. The number of benzene rings is 1. The minimum Gasteiger partial charge on any atom is -0.476 e. The summed E-state index contributed by atoms with van der Waals surface area (Å²) in [5, 5.41) is 0. The first-order valence-corrected chi connectivity index (χ1v) is 12.4. The Balaban J connectivity index is 1.67. The second-order valence-corrected chi connectivity index (χ2v) is 8.64. The Morgan fingerprint density at radius 2 is 1.53 bits per heavy atom. The summed E-state index contributed by atoms with van der Waals surface area (Å²) in [6.07, 6.45) is 16.0. The lowest BCUT2D eigenvalue weighted by atomic mass is 10.1. The molecular formula is C27H40N2O3. The van der Waals surface area contributed by atoms with Gasteiger partial charge >= 0.3 is 5.97 Å². The van der Waals surface area contributed by atoms with E-state index < -0.39 is 0 Å². The number of ether oxygens (including phenoxy) is 2. The highest BCUT2D eigenvalue weighted by atomic mass is 16.5. The molecule has 0 aliphatic carbocycles. The molecule has 1 heterocycles. The summed E-state index contributed by atoms with van der Waals surface area (Å²) in [6, 6.07) is 7.40. The van der Waals surface area contributed by atoms with Crippen LogP contribution in [0.25, 0.3) is 11.3 Å². The van der Waals surface area contributed by atoms with Crippen molar-refractivity contribution in [3.05, 3.63) is 36.7 Å². The number of esters is 1. The topological polar surface area (TPSA) is 61.3 Å². The number of nitrogens with zero attached hydrogens (tertiary/aromatic N) is 2. The Bertz CT molecular complexity index is 759. The van der Waals surface area contributed by atoms with Gasteiger partial charge in [-0.25, -0.2) is 9.97 Å². The molecule has 1 atom stereocenters. The van der Waals surface area contributed by atoms with Gasteiger partial charge in [0.2, 0.25) is 5.88 Å². The van der Waals surface area contributed by atoms with Crippen LogP contribution in [0.5, 0.6) is 11.6 Å². The van der Waals surface area contributed by atoms with Crippen LogP contribution >= 0.6 is 0 Å². The predicted molar refractivity (Wildman–Crippen MR) is 130 cm³/mol. The van der Waals surface area contributed by atoms with E-state index >= 15 is 0 Å². The summed E-state index contributed by atoms with van der Waals surface area (Å²) in [6.45, 7) is 7.17. The number of rotatable bonds is 16. The summed E-state index contributed by atoms with van der Waals surface area (Å²) in [5.41, 5.74) is 1.68. The third-order valence-corrected chi connectivity index (χ3v) is 5.71. The van der Waals surface area contributed by atoms with Crippen molar-refractivity contribution in [3.63, 3.8) is 0 Å². The van der Waals surface area contributed by atoms with E-state index in [1.165, 1.54) is 44.9 Å². The van der Waals surface area contributed by atoms with Crippen molar-refractivity contribution < 1.29 is 14.3 Å². The fourth-order valence-corrected chi connectivity index (χ4v) is 3.34. The molecule has 0 aliphatic heterocycles. The molecule has 0 aliphatic rings. The normalized spacial score (nSPS) is 11.8. The van der Waals surface area contributed by atoms with Gasteiger partial charge in [0, 0.05) is 12.0 Å². The van der Waals surface area contributed by atoms with Crippen molar-refractivity contribution in [3.8, 4) is 22.9 Å². The van der Waals surface area contributed by atoms with Gasteiger partial charge < -0.3 is 9.47 Å². The Morgan fingerprint density at radius 3 is 2.12 bits per heavy atom. The lowest BCUT2D eigenvalue weighted by Gasteiger charge is -2.10. The molecule has 1 aromatic carbocycles. The summed E-state index contributed by atoms with van der Waals surface area (Å²) in [4.78, 5) is 20.9.